The topological polar surface area (TPSA) is 339 Å². The van der Waals surface area contributed by atoms with Crippen molar-refractivity contribution in [3.8, 4) is 0 Å². The normalized spacial score (nSPS) is 28.1. The van der Waals surface area contributed by atoms with E-state index in [0.717, 1.165) is 0 Å². The third-order valence-electron chi connectivity index (χ3n) is 10.4. The summed E-state index contributed by atoms with van der Waals surface area (Å²) < 4.78 is 56.5. The lowest BCUT2D eigenvalue weighted by Gasteiger charge is -2.46. The summed E-state index contributed by atoms with van der Waals surface area (Å²) in [5, 5.41) is 48.2. The van der Waals surface area contributed by atoms with Crippen LogP contribution < -0.4 is 10.6 Å². The van der Waals surface area contributed by atoms with Gasteiger partial charge in [-0.05, 0) is 25.2 Å². The summed E-state index contributed by atoms with van der Waals surface area (Å²) in [6, 6.07) is -3.29. The maximum atomic E-state index is 13.6. The van der Waals surface area contributed by atoms with Crippen LogP contribution in [0, 0.1) is 5.92 Å². The Morgan fingerprint density at radius 3 is 1.73 bits per heavy atom. The summed E-state index contributed by atoms with van der Waals surface area (Å²) in [4.78, 5) is 96.8. The number of hydrogen-bond acceptors (Lipinski definition) is 19. The van der Waals surface area contributed by atoms with Gasteiger partial charge in [0.1, 0.15) is 48.7 Å². The minimum absolute atomic E-state index is 0.00545. The van der Waals surface area contributed by atoms with E-state index in [1.165, 1.54) is 6.92 Å². The molecule has 2 aliphatic rings. The fourth-order valence-corrected chi connectivity index (χ4v) is 7.06. The SMILES string of the molecule is CCC(=O)O[C@H](CC)CC(=O)NC1[C@H](OCC2O[C@@H](O)C(NC(=O)C[C@H](C)CC)[C@@H](OC(=O)C[C@H](O)CC)[C@@H]2O)OC(CO)[C@@H](OP(=O)(O)O)[C@@H]1OC(=O)C[C@@H](CC)OC(=O)CC. The molecule has 63 heavy (non-hydrogen) atoms. The molecule has 4 unspecified atom stereocenters. The van der Waals surface area contributed by atoms with E-state index < -0.39 is 156 Å². The van der Waals surface area contributed by atoms with Gasteiger partial charge in [-0.2, -0.15) is 0 Å². The summed E-state index contributed by atoms with van der Waals surface area (Å²) in [5.74, 6) is -4.86. The molecule has 2 amide bonds. The van der Waals surface area contributed by atoms with Crippen LogP contribution in [-0.2, 0) is 71.0 Å². The maximum Gasteiger partial charge on any atom is 0.470 e. The van der Waals surface area contributed by atoms with Crippen LogP contribution in [0.25, 0.3) is 0 Å². The third-order valence-corrected chi connectivity index (χ3v) is 10.9. The fourth-order valence-electron chi connectivity index (χ4n) is 6.48. The van der Waals surface area contributed by atoms with E-state index in [2.05, 4.69) is 10.6 Å². The summed E-state index contributed by atoms with van der Waals surface area (Å²) in [6.45, 7) is 9.76. The molecule has 0 spiro atoms. The van der Waals surface area contributed by atoms with E-state index in [9.17, 15) is 63.5 Å². The molecule has 0 bridgehead atoms. The van der Waals surface area contributed by atoms with Crippen molar-refractivity contribution in [3.63, 3.8) is 0 Å². The first kappa shape index (κ1) is 55.8. The summed E-state index contributed by atoms with van der Waals surface area (Å²) in [7, 11) is -5.49. The number of aliphatic hydroxyl groups excluding tert-OH is 4. The van der Waals surface area contributed by atoms with Crippen LogP contribution in [0.3, 0.4) is 0 Å². The Kier molecular flexibility index (Phi) is 24.1. The molecular weight excluding hydrogens is 863 g/mol. The van der Waals surface area contributed by atoms with Crippen LogP contribution in [0.2, 0.25) is 0 Å². The van der Waals surface area contributed by atoms with Crippen LogP contribution in [0.4, 0.5) is 0 Å². The Hall–Kier alpha value is -3.35. The number of amides is 2. The first-order valence-electron chi connectivity index (χ1n) is 21.3. The Labute approximate surface area is 366 Å². The van der Waals surface area contributed by atoms with Crippen molar-refractivity contribution >= 4 is 43.5 Å². The van der Waals surface area contributed by atoms with Gasteiger partial charge in [0.2, 0.25) is 11.8 Å². The van der Waals surface area contributed by atoms with Gasteiger partial charge in [0.25, 0.3) is 0 Å². The molecule has 0 aliphatic carbocycles. The number of esters is 4. The molecule has 0 aromatic carbocycles. The quantitative estimate of drug-likeness (QED) is 0.0319. The number of phosphoric acid groups is 1. The van der Waals surface area contributed by atoms with Gasteiger partial charge >= 0.3 is 31.7 Å². The summed E-state index contributed by atoms with van der Waals surface area (Å²) in [5.41, 5.74) is 0. The maximum absolute atomic E-state index is 13.6. The highest BCUT2D eigenvalue weighted by atomic mass is 31.2. The van der Waals surface area contributed by atoms with E-state index in [1.54, 1.807) is 27.7 Å². The molecule has 0 saturated carbocycles. The predicted octanol–water partition coefficient (Wildman–Crippen LogP) is -0.0896. The molecule has 2 fully saturated rings. The molecule has 2 heterocycles. The Balaban J connectivity index is 2.59. The van der Waals surface area contributed by atoms with Crippen molar-refractivity contribution in [2.24, 2.45) is 5.92 Å². The zero-order valence-electron chi connectivity index (χ0n) is 36.8. The standard InChI is InChI=1S/C39H67N2O21P/c1-8-20(7)14-26(44)40-32-36(60-30(48)15-21(43)9-2)34(50)25(58-38(32)51)19-55-39-33(41-27(45)16-22(10-3)56-28(46)12-5)37(35(24(18-42)59-39)62-63(52,53)54)61-31(49)17-23(11-4)57-29(47)13-6/h20-25,32-39,42-43,50-51H,8-19H2,1-7H3,(H,40,44)(H,41,45)(H2,52,53,54)/t20-,21-,22-,23-,24?,25?,32?,33?,34-,35-,36-,37-,38-,39-/m1/s1. The van der Waals surface area contributed by atoms with Gasteiger partial charge < -0.3 is 74.0 Å². The number of ether oxygens (including phenoxy) is 7. The molecule has 2 rings (SSSR count). The van der Waals surface area contributed by atoms with E-state index in [4.69, 9.17) is 37.7 Å². The molecule has 0 radical (unpaired) electrons. The average Bonchev–Trinajstić information content (AvgIpc) is 3.22. The van der Waals surface area contributed by atoms with Gasteiger partial charge in [-0.25, -0.2) is 4.57 Å². The minimum atomic E-state index is -5.49. The molecule has 23 nitrogen and oxygen atoms in total. The Bertz CT molecular complexity index is 1530. The van der Waals surface area contributed by atoms with Crippen molar-refractivity contribution in [1.29, 1.82) is 0 Å². The molecule has 24 heteroatoms. The van der Waals surface area contributed by atoms with Crippen LogP contribution in [0.5, 0.6) is 0 Å². The summed E-state index contributed by atoms with van der Waals surface area (Å²) >= 11 is 0. The summed E-state index contributed by atoms with van der Waals surface area (Å²) in [6.07, 6.45) is -18.2. The number of carbonyl (C=O) groups excluding carboxylic acids is 6. The van der Waals surface area contributed by atoms with Crippen molar-refractivity contribution in [1.82, 2.24) is 10.6 Å². The molecule has 364 valence electrons. The zero-order chi connectivity index (χ0) is 47.6. The molecule has 0 aromatic rings. The largest absolute Gasteiger partial charge is 0.470 e. The third kappa shape index (κ3) is 18.6. The second kappa shape index (κ2) is 27.2. The second-order valence-electron chi connectivity index (χ2n) is 15.4. The van der Waals surface area contributed by atoms with Gasteiger partial charge in [-0.3, -0.25) is 33.3 Å². The molecule has 8 N–H and O–H groups in total. The highest BCUT2D eigenvalue weighted by Crippen LogP contribution is 2.42. The van der Waals surface area contributed by atoms with Crippen molar-refractivity contribution in [2.75, 3.05) is 13.2 Å². The van der Waals surface area contributed by atoms with E-state index in [1.807, 2.05) is 13.8 Å². The van der Waals surface area contributed by atoms with Crippen molar-refractivity contribution < 1.29 is 101 Å². The van der Waals surface area contributed by atoms with Gasteiger partial charge in [-0.1, -0.05) is 54.9 Å². The second-order valence-corrected chi connectivity index (χ2v) is 16.6. The van der Waals surface area contributed by atoms with Gasteiger partial charge in [0.05, 0.1) is 38.6 Å². The lowest BCUT2D eigenvalue weighted by molar-refractivity contribution is -0.298. The predicted molar refractivity (Wildman–Crippen MR) is 214 cm³/mol. The number of nitrogens with one attached hydrogen (secondary N) is 2. The molecule has 2 saturated heterocycles. The van der Waals surface area contributed by atoms with Gasteiger partial charge in [-0.15, -0.1) is 0 Å². The Morgan fingerprint density at radius 2 is 1.21 bits per heavy atom. The highest BCUT2D eigenvalue weighted by molar-refractivity contribution is 7.46. The van der Waals surface area contributed by atoms with Gasteiger partial charge in [0, 0.05) is 19.3 Å². The van der Waals surface area contributed by atoms with Crippen molar-refractivity contribution in [3.05, 3.63) is 0 Å². The van der Waals surface area contributed by atoms with Crippen molar-refractivity contribution in [2.45, 2.75) is 192 Å². The number of carbonyl (C=O) groups is 6. The van der Waals surface area contributed by atoms with Crippen LogP contribution in [-0.4, -0.2) is 159 Å². The number of hydrogen-bond donors (Lipinski definition) is 8. The smallest absolute Gasteiger partial charge is 0.462 e. The van der Waals surface area contributed by atoms with Crippen LogP contribution in [0.1, 0.15) is 113 Å². The van der Waals surface area contributed by atoms with E-state index in [0.29, 0.717) is 6.42 Å². The Morgan fingerprint density at radius 1 is 0.667 bits per heavy atom. The lowest BCUT2D eigenvalue weighted by atomic mass is 9.95. The molecule has 2 aliphatic heterocycles. The average molecular weight is 931 g/mol. The molecule has 0 aromatic heterocycles. The van der Waals surface area contributed by atoms with E-state index in [-0.39, 0.29) is 44.4 Å². The number of aliphatic hydroxyl groups is 4. The fraction of sp³-hybridized carbons (Fsp3) is 0.846. The van der Waals surface area contributed by atoms with Crippen LogP contribution in [0.15, 0.2) is 0 Å². The minimum Gasteiger partial charge on any atom is -0.462 e. The first-order chi connectivity index (χ1) is 29.6. The zero-order valence-corrected chi connectivity index (χ0v) is 37.7. The molecular formula is C39H67N2O21P. The number of phosphoric ester groups is 1. The number of rotatable bonds is 26. The van der Waals surface area contributed by atoms with E-state index >= 15 is 0 Å². The monoisotopic (exact) mass is 930 g/mol. The molecule has 14 atom stereocenters. The highest BCUT2D eigenvalue weighted by Gasteiger charge is 2.54. The van der Waals surface area contributed by atoms with Crippen LogP contribution >= 0.6 is 7.82 Å². The van der Waals surface area contributed by atoms with Gasteiger partial charge in [0.15, 0.2) is 24.8 Å². The first-order valence-corrected chi connectivity index (χ1v) is 22.8. The lowest BCUT2D eigenvalue weighted by Crippen LogP contribution is -2.68.